The Morgan fingerprint density at radius 2 is 2.24 bits per heavy atom. The van der Waals surface area contributed by atoms with Gasteiger partial charge in [0.2, 0.25) is 0 Å². The third kappa shape index (κ3) is 2.76. The summed E-state index contributed by atoms with van der Waals surface area (Å²) in [6, 6.07) is 3.66. The van der Waals surface area contributed by atoms with Crippen molar-refractivity contribution >= 4 is 56.7 Å². The SMILES string of the molecule is O=C(NNC(=S)S)c1cnc2ccc(Br)cn12. The molecule has 0 saturated carbocycles. The van der Waals surface area contributed by atoms with Gasteiger partial charge in [0.25, 0.3) is 5.91 Å². The number of carbonyl (C=O) groups excluding carboxylic acids is 1. The summed E-state index contributed by atoms with van der Waals surface area (Å²) in [6.07, 6.45) is 3.25. The van der Waals surface area contributed by atoms with Crippen molar-refractivity contribution in [1.82, 2.24) is 20.2 Å². The summed E-state index contributed by atoms with van der Waals surface area (Å²) in [7, 11) is 0. The van der Waals surface area contributed by atoms with Gasteiger partial charge in [-0.25, -0.2) is 4.98 Å². The number of hydrogen-bond acceptors (Lipinski definition) is 3. The van der Waals surface area contributed by atoms with Crippen LogP contribution in [0.5, 0.6) is 0 Å². The number of nitrogens with zero attached hydrogens (tertiary/aromatic N) is 2. The molecule has 0 radical (unpaired) electrons. The Labute approximate surface area is 116 Å². The van der Waals surface area contributed by atoms with Crippen molar-refractivity contribution in [3.05, 3.63) is 34.7 Å². The van der Waals surface area contributed by atoms with E-state index in [9.17, 15) is 4.79 Å². The van der Waals surface area contributed by atoms with Crippen molar-refractivity contribution in [2.45, 2.75) is 0 Å². The predicted molar refractivity (Wildman–Crippen MR) is 75.1 cm³/mol. The number of imidazole rings is 1. The first-order valence-electron chi connectivity index (χ1n) is 4.50. The van der Waals surface area contributed by atoms with E-state index in [1.807, 2.05) is 6.07 Å². The number of rotatable bonds is 1. The zero-order chi connectivity index (χ0) is 12.4. The van der Waals surface area contributed by atoms with E-state index in [4.69, 9.17) is 0 Å². The smallest absolute Gasteiger partial charge is 0.288 e. The summed E-state index contributed by atoms with van der Waals surface area (Å²) >= 11 is 11.8. The third-order valence-corrected chi connectivity index (χ3v) is 2.67. The summed E-state index contributed by atoms with van der Waals surface area (Å²) in [5, 5.41) is 0. The Hall–Kier alpha value is -1.12. The van der Waals surface area contributed by atoms with E-state index in [2.05, 4.69) is 56.6 Å². The number of amides is 1. The molecule has 2 rings (SSSR count). The molecule has 0 saturated heterocycles. The highest BCUT2D eigenvalue weighted by Crippen LogP contribution is 2.13. The van der Waals surface area contributed by atoms with E-state index in [0.717, 1.165) is 4.47 Å². The molecule has 0 spiro atoms. The molecule has 0 aromatic carbocycles. The third-order valence-electron chi connectivity index (χ3n) is 1.99. The Bertz CT molecular complexity index is 598. The maximum Gasteiger partial charge on any atom is 0.288 e. The minimum atomic E-state index is -0.341. The molecule has 8 heteroatoms. The minimum Gasteiger partial charge on any atom is -0.294 e. The van der Waals surface area contributed by atoms with Gasteiger partial charge in [0, 0.05) is 10.7 Å². The van der Waals surface area contributed by atoms with Crippen molar-refractivity contribution in [2.75, 3.05) is 0 Å². The first kappa shape index (κ1) is 12.3. The Morgan fingerprint density at radius 3 is 2.94 bits per heavy atom. The van der Waals surface area contributed by atoms with E-state index >= 15 is 0 Å². The van der Waals surface area contributed by atoms with Crippen LogP contribution in [0, 0.1) is 0 Å². The first-order chi connectivity index (χ1) is 8.08. The second-order valence-corrected chi connectivity index (χ2v) is 5.18. The lowest BCUT2D eigenvalue weighted by atomic mass is 10.4. The molecule has 0 unspecified atom stereocenters. The Kier molecular flexibility index (Phi) is 3.65. The van der Waals surface area contributed by atoms with Crippen molar-refractivity contribution in [3.8, 4) is 0 Å². The molecule has 5 nitrogen and oxygen atoms in total. The predicted octanol–water partition coefficient (Wildman–Crippen LogP) is 1.55. The molecule has 1 amide bonds. The fourth-order valence-corrected chi connectivity index (χ4v) is 1.74. The van der Waals surface area contributed by atoms with Gasteiger partial charge < -0.3 is 0 Å². The lowest BCUT2D eigenvalue weighted by Crippen LogP contribution is -2.39. The van der Waals surface area contributed by atoms with Gasteiger partial charge in [0.15, 0.2) is 0 Å². The summed E-state index contributed by atoms with van der Waals surface area (Å²) in [6.45, 7) is 0. The average Bonchev–Trinajstić information content (AvgIpc) is 2.68. The molecule has 0 fully saturated rings. The molecular formula is C9H7BrN4OS2. The number of pyridine rings is 1. The molecule has 0 aliphatic heterocycles. The highest BCUT2D eigenvalue weighted by molar-refractivity contribution is 9.10. The summed E-state index contributed by atoms with van der Waals surface area (Å²) in [5.41, 5.74) is 5.96. The van der Waals surface area contributed by atoms with Crippen LogP contribution in [-0.4, -0.2) is 19.6 Å². The van der Waals surface area contributed by atoms with Crippen LogP contribution in [0.15, 0.2) is 29.0 Å². The number of fused-ring (bicyclic) bond motifs is 1. The lowest BCUT2D eigenvalue weighted by Gasteiger charge is -2.05. The molecule has 2 aromatic heterocycles. The zero-order valence-corrected chi connectivity index (χ0v) is 11.6. The van der Waals surface area contributed by atoms with E-state index in [1.54, 1.807) is 16.7 Å². The van der Waals surface area contributed by atoms with Gasteiger partial charge in [-0.3, -0.25) is 20.0 Å². The molecule has 2 aromatic rings. The molecule has 88 valence electrons. The number of halogens is 1. The standard InChI is InChI=1S/C9H7BrN4OS2/c10-5-1-2-7-11-3-6(14(7)4-5)8(15)12-13-9(16)17/h1-4H,(H,12,15)(H2,13,16,17). The molecule has 0 bridgehead atoms. The van der Waals surface area contributed by atoms with Crippen LogP contribution in [0.25, 0.3) is 5.65 Å². The number of thiocarbonyl (C=S) groups is 1. The van der Waals surface area contributed by atoms with Crippen LogP contribution < -0.4 is 10.9 Å². The fourth-order valence-electron chi connectivity index (χ4n) is 1.30. The normalized spacial score (nSPS) is 10.2. The van der Waals surface area contributed by atoms with Crippen LogP contribution in [-0.2, 0) is 0 Å². The van der Waals surface area contributed by atoms with E-state index in [0.29, 0.717) is 11.3 Å². The summed E-state index contributed by atoms with van der Waals surface area (Å²) < 4.78 is 2.71. The highest BCUT2D eigenvalue weighted by Gasteiger charge is 2.11. The number of carbonyl (C=O) groups is 1. The minimum absolute atomic E-state index is 0.188. The Balaban J connectivity index is 2.32. The van der Waals surface area contributed by atoms with Crippen LogP contribution in [0.4, 0.5) is 0 Å². The second kappa shape index (κ2) is 5.03. The van der Waals surface area contributed by atoms with Crippen LogP contribution in [0.1, 0.15) is 10.5 Å². The second-order valence-electron chi connectivity index (χ2n) is 3.10. The molecule has 0 atom stereocenters. The van der Waals surface area contributed by atoms with Crippen LogP contribution in [0.3, 0.4) is 0 Å². The first-order valence-corrected chi connectivity index (χ1v) is 6.14. The van der Waals surface area contributed by atoms with Gasteiger partial charge in [-0.05, 0) is 28.1 Å². The molecule has 2 N–H and O–H groups in total. The van der Waals surface area contributed by atoms with Gasteiger partial charge in [-0.1, -0.05) is 12.2 Å². The highest BCUT2D eigenvalue weighted by atomic mass is 79.9. The van der Waals surface area contributed by atoms with Gasteiger partial charge in [-0.15, -0.1) is 12.6 Å². The molecule has 17 heavy (non-hydrogen) atoms. The lowest BCUT2D eigenvalue weighted by molar-refractivity contribution is 0.0938. The number of hydrogen-bond donors (Lipinski definition) is 3. The van der Waals surface area contributed by atoms with Gasteiger partial charge in [0.1, 0.15) is 15.7 Å². The molecule has 2 heterocycles. The van der Waals surface area contributed by atoms with Gasteiger partial charge >= 0.3 is 0 Å². The molecule has 0 aliphatic carbocycles. The number of aromatic nitrogens is 2. The Morgan fingerprint density at radius 1 is 1.47 bits per heavy atom. The van der Waals surface area contributed by atoms with Crippen LogP contribution >= 0.6 is 40.8 Å². The molecule has 0 aliphatic rings. The van der Waals surface area contributed by atoms with Gasteiger partial charge in [0.05, 0.1) is 6.20 Å². The topological polar surface area (TPSA) is 58.4 Å². The summed E-state index contributed by atoms with van der Waals surface area (Å²) in [5.74, 6) is -0.341. The fraction of sp³-hybridized carbons (Fsp3) is 0. The number of thiol groups is 1. The maximum atomic E-state index is 11.8. The summed E-state index contributed by atoms with van der Waals surface area (Å²) in [4.78, 5) is 15.9. The zero-order valence-electron chi connectivity index (χ0n) is 8.35. The largest absolute Gasteiger partial charge is 0.294 e. The van der Waals surface area contributed by atoms with Crippen molar-refractivity contribution in [1.29, 1.82) is 0 Å². The van der Waals surface area contributed by atoms with Crippen molar-refractivity contribution in [2.24, 2.45) is 0 Å². The van der Waals surface area contributed by atoms with Crippen LogP contribution in [0.2, 0.25) is 0 Å². The van der Waals surface area contributed by atoms with E-state index < -0.39 is 0 Å². The quantitative estimate of drug-likeness (QED) is 0.422. The van der Waals surface area contributed by atoms with Crippen molar-refractivity contribution < 1.29 is 4.79 Å². The van der Waals surface area contributed by atoms with E-state index in [1.165, 1.54) is 6.20 Å². The van der Waals surface area contributed by atoms with E-state index in [-0.39, 0.29) is 10.2 Å². The average molecular weight is 331 g/mol. The number of nitrogens with one attached hydrogen (secondary N) is 2. The maximum absolute atomic E-state index is 11.8. The van der Waals surface area contributed by atoms with Gasteiger partial charge in [-0.2, -0.15) is 0 Å². The monoisotopic (exact) mass is 330 g/mol. The molecular weight excluding hydrogens is 324 g/mol. The number of hydrazine groups is 1. The van der Waals surface area contributed by atoms with Crippen molar-refractivity contribution in [3.63, 3.8) is 0 Å².